The van der Waals surface area contributed by atoms with Crippen LogP contribution < -0.4 is 5.32 Å². The van der Waals surface area contributed by atoms with Gasteiger partial charge in [-0.1, -0.05) is 0 Å². The van der Waals surface area contributed by atoms with Gasteiger partial charge in [0, 0.05) is 0 Å². The van der Waals surface area contributed by atoms with Gasteiger partial charge in [0.15, 0.2) is 6.23 Å². The average Bonchev–Trinajstić information content (AvgIpc) is 2.06. The molecule has 0 saturated carbocycles. The molecule has 0 radical (unpaired) electrons. The molecule has 0 spiro atoms. The quantitative estimate of drug-likeness (QED) is 0.641. The van der Waals surface area contributed by atoms with Gasteiger partial charge in [0.25, 0.3) is 0 Å². The van der Waals surface area contributed by atoms with Crippen molar-refractivity contribution in [1.82, 2.24) is 5.32 Å². The van der Waals surface area contributed by atoms with E-state index in [-0.39, 0.29) is 18.6 Å². The Hall–Kier alpha value is -0.480. The number of piperidine rings is 1. The number of hydrogen-bond donors (Lipinski definition) is 1. The Balaban J connectivity index is 0.00000121. The summed E-state index contributed by atoms with van der Waals surface area (Å²) in [6.07, 6.45) is 2.39. The molecule has 1 aliphatic heterocycles. The van der Waals surface area contributed by atoms with Crippen molar-refractivity contribution in [2.75, 3.05) is 13.7 Å². The molecule has 0 aromatic heterocycles. The molecule has 1 saturated heterocycles. The summed E-state index contributed by atoms with van der Waals surface area (Å²) in [6, 6.07) is 0. The first kappa shape index (κ1) is 11.5. The molecule has 0 aromatic carbocycles. The Morgan fingerprint density at radius 3 is 2.75 bits per heavy atom. The molecular formula is C7H14ClNO3. The Morgan fingerprint density at radius 2 is 2.25 bits per heavy atom. The van der Waals surface area contributed by atoms with E-state index in [2.05, 4.69) is 10.1 Å². The van der Waals surface area contributed by atoms with Gasteiger partial charge in [-0.25, -0.2) is 4.79 Å². The van der Waals surface area contributed by atoms with Gasteiger partial charge in [-0.05, 0) is 25.8 Å². The molecule has 1 unspecified atom stereocenters. The van der Waals surface area contributed by atoms with E-state index in [0.717, 1.165) is 25.8 Å². The van der Waals surface area contributed by atoms with Crippen LogP contribution in [0, 0.1) is 0 Å². The minimum absolute atomic E-state index is 0. The molecule has 0 aromatic rings. The fraction of sp³-hybridized carbons (Fsp3) is 0.857. The Kier molecular flexibility index (Phi) is 5.84. The predicted octanol–water partition coefficient (Wildman–Crippen LogP) is 1.29. The fourth-order valence-electron chi connectivity index (χ4n) is 1.08. The predicted molar refractivity (Wildman–Crippen MR) is 46.4 cm³/mol. The average molecular weight is 196 g/mol. The number of ether oxygens (including phenoxy) is 2. The number of carbonyl (C=O) groups is 1. The molecule has 0 aliphatic carbocycles. The summed E-state index contributed by atoms with van der Waals surface area (Å²) in [5.74, 6) is 0. The molecule has 1 heterocycles. The third kappa shape index (κ3) is 3.78. The van der Waals surface area contributed by atoms with Crippen molar-refractivity contribution in [3.05, 3.63) is 0 Å². The number of methoxy groups -OCH3 is 1. The van der Waals surface area contributed by atoms with Crippen LogP contribution in [-0.2, 0) is 9.47 Å². The van der Waals surface area contributed by atoms with Crippen molar-refractivity contribution in [3.8, 4) is 0 Å². The monoisotopic (exact) mass is 195 g/mol. The van der Waals surface area contributed by atoms with Crippen LogP contribution in [0.15, 0.2) is 0 Å². The van der Waals surface area contributed by atoms with Crippen molar-refractivity contribution in [2.24, 2.45) is 0 Å². The van der Waals surface area contributed by atoms with Crippen LogP contribution in [0.5, 0.6) is 0 Å². The minimum Gasteiger partial charge on any atom is -0.438 e. The molecule has 0 bridgehead atoms. The van der Waals surface area contributed by atoms with Crippen LogP contribution >= 0.6 is 12.4 Å². The van der Waals surface area contributed by atoms with E-state index in [9.17, 15) is 4.79 Å². The standard InChI is InChI=1S/C7H13NO3.ClH/c1-10-7(9)11-6-4-2-3-5-8-6;/h6,8H,2-5H2,1H3;1H. The largest absolute Gasteiger partial charge is 0.509 e. The van der Waals surface area contributed by atoms with Crippen molar-refractivity contribution >= 4 is 18.6 Å². The van der Waals surface area contributed by atoms with Gasteiger partial charge in [-0.3, -0.25) is 5.32 Å². The number of halogens is 1. The van der Waals surface area contributed by atoms with Crippen LogP contribution in [0.25, 0.3) is 0 Å². The first-order valence-corrected chi connectivity index (χ1v) is 3.81. The summed E-state index contributed by atoms with van der Waals surface area (Å²) in [4.78, 5) is 10.6. The van der Waals surface area contributed by atoms with E-state index in [1.165, 1.54) is 7.11 Å². The number of nitrogens with one attached hydrogen (secondary N) is 1. The summed E-state index contributed by atoms with van der Waals surface area (Å²) in [5, 5.41) is 3.06. The Bertz CT molecular complexity index is 137. The molecule has 1 aliphatic rings. The van der Waals surface area contributed by atoms with Gasteiger partial charge in [-0.2, -0.15) is 0 Å². The lowest BCUT2D eigenvalue weighted by Gasteiger charge is -2.22. The van der Waals surface area contributed by atoms with Gasteiger partial charge < -0.3 is 9.47 Å². The third-order valence-electron chi connectivity index (χ3n) is 1.67. The molecule has 0 amide bonds. The lowest BCUT2D eigenvalue weighted by molar-refractivity contribution is 0.0131. The second-order valence-corrected chi connectivity index (χ2v) is 2.51. The highest BCUT2D eigenvalue weighted by Crippen LogP contribution is 2.08. The summed E-state index contributed by atoms with van der Waals surface area (Å²) >= 11 is 0. The van der Waals surface area contributed by atoms with Crippen molar-refractivity contribution < 1.29 is 14.3 Å². The first-order chi connectivity index (χ1) is 5.33. The minimum atomic E-state index is -0.607. The van der Waals surface area contributed by atoms with Gasteiger partial charge in [-0.15, -0.1) is 12.4 Å². The number of hydrogen-bond acceptors (Lipinski definition) is 4. The summed E-state index contributed by atoms with van der Waals surface area (Å²) in [7, 11) is 1.31. The molecule has 1 fully saturated rings. The normalized spacial score (nSPS) is 22.2. The van der Waals surface area contributed by atoms with E-state index < -0.39 is 6.16 Å². The van der Waals surface area contributed by atoms with Crippen LogP contribution in [0.3, 0.4) is 0 Å². The lowest BCUT2D eigenvalue weighted by Crippen LogP contribution is -2.37. The van der Waals surface area contributed by atoms with Crippen LogP contribution in [-0.4, -0.2) is 26.0 Å². The maximum Gasteiger partial charge on any atom is 0.509 e. The second kappa shape index (κ2) is 6.08. The highest BCUT2D eigenvalue weighted by Gasteiger charge is 2.16. The molecule has 1 N–H and O–H groups in total. The maximum absolute atomic E-state index is 10.6. The van der Waals surface area contributed by atoms with Gasteiger partial charge in [0.2, 0.25) is 0 Å². The smallest absolute Gasteiger partial charge is 0.438 e. The summed E-state index contributed by atoms with van der Waals surface area (Å²) in [6.45, 7) is 0.918. The Labute approximate surface area is 78.0 Å². The van der Waals surface area contributed by atoms with Crippen LogP contribution in [0.1, 0.15) is 19.3 Å². The zero-order chi connectivity index (χ0) is 8.10. The third-order valence-corrected chi connectivity index (χ3v) is 1.67. The topological polar surface area (TPSA) is 47.6 Å². The van der Waals surface area contributed by atoms with Crippen molar-refractivity contribution in [1.29, 1.82) is 0 Å². The SMILES string of the molecule is COC(=O)OC1CCCCN1.Cl. The Morgan fingerprint density at radius 1 is 1.50 bits per heavy atom. The zero-order valence-electron chi connectivity index (χ0n) is 7.04. The highest BCUT2D eigenvalue weighted by molar-refractivity contribution is 5.85. The molecule has 5 heteroatoms. The van der Waals surface area contributed by atoms with Gasteiger partial charge >= 0.3 is 6.16 Å². The molecule has 1 rings (SSSR count). The molecule has 1 atom stereocenters. The molecular weight excluding hydrogens is 182 g/mol. The second-order valence-electron chi connectivity index (χ2n) is 2.51. The number of carbonyl (C=O) groups excluding carboxylic acids is 1. The highest BCUT2D eigenvalue weighted by atomic mass is 35.5. The number of rotatable bonds is 1. The van der Waals surface area contributed by atoms with E-state index in [1.807, 2.05) is 0 Å². The van der Waals surface area contributed by atoms with E-state index in [4.69, 9.17) is 4.74 Å². The van der Waals surface area contributed by atoms with E-state index in [0.29, 0.717) is 0 Å². The van der Waals surface area contributed by atoms with Crippen LogP contribution in [0.2, 0.25) is 0 Å². The fourth-order valence-corrected chi connectivity index (χ4v) is 1.08. The van der Waals surface area contributed by atoms with Gasteiger partial charge in [0.05, 0.1) is 7.11 Å². The summed E-state index contributed by atoms with van der Waals surface area (Å²) in [5.41, 5.74) is 0. The molecule has 4 nitrogen and oxygen atoms in total. The van der Waals surface area contributed by atoms with Crippen molar-refractivity contribution in [3.63, 3.8) is 0 Å². The molecule has 72 valence electrons. The van der Waals surface area contributed by atoms with Gasteiger partial charge in [0.1, 0.15) is 0 Å². The van der Waals surface area contributed by atoms with E-state index >= 15 is 0 Å². The van der Waals surface area contributed by atoms with Crippen LogP contribution in [0.4, 0.5) is 4.79 Å². The molecule has 12 heavy (non-hydrogen) atoms. The first-order valence-electron chi connectivity index (χ1n) is 3.81. The maximum atomic E-state index is 10.6. The summed E-state index contributed by atoms with van der Waals surface area (Å²) < 4.78 is 9.22. The van der Waals surface area contributed by atoms with E-state index in [1.54, 1.807) is 0 Å². The zero-order valence-corrected chi connectivity index (χ0v) is 7.86. The lowest BCUT2D eigenvalue weighted by atomic mass is 10.1. The van der Waals surface area contributed by atoms with Crippen molar-refractivity contribution in [2.45, 2.75) is 25.5 Å².